The summed E-state index contributed by atoms with van der Waals surface area (Å²) in [5.41, 5.74) is 2.04. The molecule has 164 valence electrons. The van der Waals surface area contributed by atoms with Crippen LogP contribution in [-0.4, -0.2) is 30.6 Å². The van der Waals surface area contributed by atoms with Crippen molar-refractivity contribution in [1.82, 2.24) is 10.3 Å². The van der Waals surface area contributed by atoms with E-state index in [1.165, 1.54) is 19.5 Å². The van der Waals surface area contributed by atoms with Crippen molar-refractivity contribution in [2.45, 2.75) is 6.92 Å². The van der Waals surface area contributed by atoms with Crippen LogP contribution in [-0.2, 0) is 0 Å². The molecule has 4 rings (SSSR count). The third-order valence-electron chi connectivity index (χ3n) is 4.73. The lowest BCUT2D eigenvalue weighted by atomic mass is 10.0. The normalized spacial score (nSPS) is 10.9. The predicted molar refractivity (Wildman–Crippen MR) is 125 cm³/mol. The minimum absolute atomic E-state index is 0.209. The minimum Gasteiger partial charge on any atom is -0.493 e. The topological polar surface area (TPSA) is 105 Å². The Kier molecular flexibility index (Phi) is 6.07. The number of hydrogen-bond donors (Lipinski definition) is 3. The number of nitrogens with one attached hydrogen (secondary N) is 3. The smallest absolute Gasteiger partial charge is 0.319 e. The molecule has 0 atom stereocenters. The number of anilines is 2. The monoisotopic (exact) mass is 472 g/mol. The van der Waals surface area contributed by atoms with Crippen LogP contribution in [0.2, 0.25) is 10.0 Å². The number of rotatable bonds is 5. The van der Waals surface area contributed by atoms with E-state index in [4.69, 9.17) is 32.4 Å². The Morgan fingerprint density at radius 1 is 1.09 bits per heavy atom. The first-order chi connectivity index (χ1) is 15.4. The van der Waals surface area contributed by atoms with Gasteiger partial charge in [0.15, 0.2) is 11.3 Å². The van der Waals surface area contributed by atoms with E-state index in [1.54, 1.807) is 30.3 Å². The average molecular weight is 473 g/mol. The molecular formula is C22H18Cl2N4O4. The highest BCUT2D eigenvalue weighted by atomic mass is 35.5. The van der Waals surface area contributed by atoms with E-state index in [9.17, 15) is 9.59 Å². The highest BCUT2D eigenvalue weighted by Crippen LogP contribution is 2.39. The number of carbonyl (C=O) groups is 2. The maximum atomic E-state index is 13.2. The average Bonchev–Trinajstić information content (AvgIpc) is 3.15. The van der Waals surface area contributed by atoms with Crippen molar-refractivity contribution < 1.29 is 18.7 Å². The lowest BCUT2D eigenvalue weighted by Crippen LogP contribution is -2.28. The molecule has 0 bridgehead atoms. The summed E-state index contributed by atoms with van der Waals surface area (Å²) in [4.78, 5) is 29.0. The van der Waals surface area contributed by atoms with E-state index in [0.29, 0.717) is 45.5 Å². The predicted octanol–water partition coefficient (Wildman–Crippen LogP) is 5.69. The Morgan fingerprint density at radius 3 is 2.53 bits per heavy atom. The van der Waals surface area contributed by atoms with Gasteiger partial charge in [-0.25, -0.2) is 4.79 Å². The summed E-state index contributed by atoms with van der Waals surface area (Å²) in [6.45, 7) is 2.31. The van der Waals surface area contributed by atoms with Gasteiger partial charge in [0.05, 0.1) is 28.4 Å². The Labute approximate surface area is 192 Å². The summed E-state index contributed by atoms with van der Waals surface area (Å²) in [6.07, 6.45) is 2.78. The molecule has 10 heteroatoms. The summed E-state index contributed by atoms with van der Waals surface area (Å²) < 4.78 is 11.4. The fraction of sp³-hybridized carbons (Fsp3) is 0.136. The number of ether oxygens (including phenoxy) is 1. The number of carbonyl (C=O) groups excluding carboxylic acids is 2. The molecule has 0 saturated heterocycles. The number of amides is 3. The second kappa shape index (κ2) is 8.94. The molecule has 0 saturated carbocycles. The molecule has 0 spiro atoms. The first-order valence-electron chi connectivity index (χ1n) is 9.61. The van der Waals surface area contributed by atoms with Gasteiger partial charge in [0.1, 0.15) is 5.58 Å². The highest BCUT2D eigenvalue weighted by molar-refractivity contribution is 6.40. The standard InChI is InChI=1S/C22H18Cl2N4O4/c1-3-26-22(30)27-11-4-6-16-13(8-11)18-12(5-7-17(31-2)20(18)32-16)21(29)28-19-14(23)9-25-10-15(19)24/h4-10H,3H2,1-2H3,(H,25,28,29)(H2,26,27,30). The zero-order chi connectivity index (χ0) is 22.8. The van der Waals surface area contributed by atoms with Crippen LogP contribution in [0.4, 0.5) is 16.2 Å². The number of methoxy groups -OCH3 is 1. The van der Waals surface area contributed by atoms with Gasteiger partial charge in [-0.3, -0.25) is 9.78 Å². The number of pyridine rings is 1. The molecule has 3 N–H and O–H groups in total. The number of benzene rings is 2. The van der Waals surface area contributed by atoms with Crippen LogP contribution in [0.1, 0.15) is 17.3 Å². The zero-order valence-electron chi connectivity index (χ0n) is 17.1. The molecule has 32 heavy (non-hydrogen) atoms. The first kappa shape index (κ1) is 21.7. The van der Waals surface area contributed by atoms with Gasteiger partial charge in [0, 0.05) is 35.4 Å². The van der Waals surface area contributed by atoms with E-state index in [2.05, 4.69) is 20.9 Å². The van der Waals surface area contributed by atoms with Gasteiger partial charge >= 0.3 is 6.03 Å². The fourth-order valence-corrected chi connectivity index (χ4v) is 3.79. The second-order valence-electron chi connectivity index (χ2n) is 6.75. The van der Waals surface area contributed by atoms with E-state index in [0.717, 1.165) is 0 Å². The summed E-state index contributed by atoms with van der Waals surface area (Å²) in [5.74, 6) is 0.0170. The van der Waals surface area contributed by atoms with E-state index >= 15 is 0 Å². The Morgan fingerprint density at radius 2 is 1.84 bits per heavy atom. The summed E-state index contributed by atoms with van der Waals surface area (Å²) in [6, 6.07) is 8.09. The van der Waals surface area contributed by atoms with Gasteiger partial charge in [-0.1, -0.05) is 23.2 Å². The molecule has 8 nitrogen and oxygen atoms in total. The van der Waals surface area contributed by atoms with Crippen LogP contribution < -0.4 is 20.7 Å². The molecule has 0 fully saturated rings. The number of furan rings is 1. The lowest BCUT2D eigenvalue weighted by molar-refractivity contribution is 0.102. The van der Waals surface area contributed by atoms with E-state index in [1.807, 2.05) is 6.92 Å². The van der Waals surface area contributed by atoms with Crippen molar-refractivity contribution in [2.75, 3.05) is 24.3 Å². The van der Waals surface area contributed by atoms with Crippen molar-refractivity contribution in [2.24, 2.45) is 0 Å². The number of nitrogens with zero attached hydrogens (tertiary/aromatic N) is 1. The molecule has 0 aliphatic rings. The Balaban J connectivity index is 1.84. The van der Waals surface area contributed by atoms with Crippen molar-refractivity contribution >= 4 is 68.5 Å². The SMILES string of the molecule is CCNC(=O)Nc1ccc2oc3c(OC)ccc(C(=O)Nc4c(Cl)cncc4Cl)c3c2c1. The Hall–Kier alpha value is -3.49. The molecule has 3 amide bonds. The summed E-state index contributed by atoms with van der Waals surface area (Å²) in [5, 5.41) is 9.74. The number of aromatic nitrogens is 1. The van der Waals surface area contributed by atoms with Crippen LogP contribution in [0.25, 0.3) is 21.9 Å². The van der Waals surface area contributed by atoms with E-state index < -0.39 is 5.91 Å². The third-order valence-corrected chi connectivity index (χ3v) is 5.31. The van der Waals surface area contributed by atoms with Gasteiger partial charge in [-0.2, -0.15) is 0 Å². The largest absolute Gasteiger partial charge is 0.493 e. The van der Waals surface area contributed by atoms with Crippen molar-refractivity contribution in [3.8, 4) is 5.75 Å². The maximum absolute atomic E-state index is 13.2. The highest BCUT2D eigenvalue weighted by Gasteiger charge is 2.21. The van der Waals surface area contributed by atoms with E-state index in [-0.39, 0.29) is 21.8 Å². The number of urea groups is 1. The van der Waals surface area contributed by atoms with Crippen molar-refractivity contribution in [1.29, 1.82) is 0 Å². The van der Waals surface area contributed by atoms with Crippen LogP contribution in [0.3, 0.4) is 0 Å². The van der Waals surface area contributed by atoms with Crippen LogP contribution in [0.15, 0.2) is 47.1 Å². The zero-order valence-corrected chi connectivity index (χ0v) is 18.6. The lowest BCUT2D eigenvalue weighted by Gasteiger charge is -2.10. The quantitative estimate of drug-likeness (QED) is 0.345. The molecule has 0 aliphatic heterocycles. The minimum atomic E-state index is -0.447. The second-order valence-corrected chi connectivity index (χ2v) is 7.56. The molecule has 2 heterocycles. The molecule has 2 aromatic carbocycles. The summed E-state index contributed by atoms with van der Waals surface area (Å²) in [7, 11) is 1.51. The third kappa shape index (κ3) is 4.02. The van der Waals surface area contributed by atoms with Gasteiger partial charge in [-0.15, -0.1) is 0 Å². The number of halogens is 2. The fourth-order valence-electron chi connectivity index (χ4n) is 3.33. The van der Waals surface area contributed by atoms with Gasteiger partial charge in [-0.05, 0) is 37.3 Å². The van der Waals surface area contributed by atoms with Gasteiger partial charge < -0.3 is 25.1 Å². The molecular weight excluding hydrogens is 455 g/mol. The molecule has 4 aromatic rings. The van der Waals surface area contributed by atoms with Gasteiger partial charge in [0.25, 0.3) is 5.91 Å². The number of hydrogen-bond acceptors (Lipinski definition) is 5. The Bertz CT molecular complexity index is 1330. The molecule has 0 unspecified atom stereocenters. The first-order valence-corrected chi connectivity index (χ1v) is 10.4. The van der Waals surface area contributed by atoms with Crippen LogP contribution in [0.5, 0.6) is 5.75 Å². The van der Waals surface area contributed by atoms with Crippen LogP contribution in [0, 0.1) is 0 Å². The van der Waals surface area contributed by atoms with Crippen molar-refractivity contribution in [3.05, 3.63) is 58.3 Å². The maximum Gasteiger partial charge on any atom is 0.319 e. The molecule has 0 radical (unpaired) electrons. The number of fused-ring (bicyclic) bond motifs is 3. The van der Waals surface area contributed by atoms with Gasteiger partial charge in [0.2, 0.25) is 0 Å². The summed E-state index contributed by atoms with van der Waals surface area (Å²) >= 11 is 12.3. The molecule has 0 aliphatic carbocycles. The van der Waals surface area contributed by atoms with Crippen LogP contribution >= 0.6 is 23.2 Å². The molecule has 2 aromatic heterocycles. The van der Waals surface area contributed by atoms with Crippen molar-refractivity contribution in [3.63, 3.8) is 0 Å².